The number of amides is 1. The van der Waals surface area contributed by atoms with E-state index in [9.17, 15) is 9.59 Å². The van der Waals surface area contributed by atoms with E-state index < -0.39 is 11.9 Å². The average molecular weight is 364 g/mol. The number of carboxylic acids is 1. The van der Waals surface area contributed by atoms with E-state index in [1.54, 1.807) is 15.8 Å². The Morgan fingerprint density at radius 1 is 1.27 bits per heavy atom. The summed E-state index contributed by atoms with van der Waals surface area (Å²) < 4.78 is 2.60. The predicted molar refractivity (Wildman–Crippen MR) is 82.9 cm³/mol. The maximum atomic E-state index is 12.4. The van der Waals surface area contributed by atoms with Crippen LogP contribution in [0.5, 0.6) is 0 Å². The SMILES string of the molecule is O=C(O)[C@@H]1CCN(C(=O)c2cnn(-c3ccc(Br)cc3)c2)C1. The van der Waals surface area contributed by atoms with Gasteiger partial charge in [0.2, 0.25) is 0 Å². The molecule has 1 amide bonds. The number of carbonyl (C=O) groups excluding carboxylic acids is 1. The molecule has 1 saturated heterocycles. The van der Waals surface area contributed by atoms with Crippen molar-refractivity contribution in [2.45, 2.75) is 6.42 Å². The normalized spacial score (nSPS) is 17.7. The van der Waals surface area contributed by atoms with Crippen LogP contribution in [-0.2, 0) is 4.79 Å². The Kier molecular flexibility index (Phi) is 3.98. The quantitative estimate of drug-likeness (QED) is 0.906. The van der Waals surface area contributed by atoms with Crippen LogP contribution in [0.3, 0.4) is 0 Å². The van der Waals surface area contributed by atoms with Gasteiger partial charge in [0, 0.05) is 23.8 Å². The number of aromatic nitrogens is 2. The van der Waals surface area contributed by atoms with Gasteiger partial charge in [-0.05, 0) is 30.7 Å². The number of halogens is 1. The molecule has 1 aliphatic rings. The average Bonchev–Trinajstić information content (AvgIpc) is 3.17. The predicted octanol–water partition coefficient (Wildman–Crippen LogP) is 2.18. The Balaban J connectivity index is 1.75. The summed E-state index contributed by atoms with van der Waals surface area (Å²) in [6, 6.07) is 7.58. The molecule has 0 unspecified atom stereocenters. The van der Waals surface area contributed by atoms with Crippen LogP contribution in [0, 0.1) is 5.92 Å². The number of nitrogens with zero attached hydrogens (tertiary/aromatic N) is 3. The van der Waals surface area contributed by atoms with Crippen molar-refractivity contribution in [1.82, 2.24) is 14.7 Å². The molecule has 3 rings (SSSR count). The smallest absolute Gasteiger partial charge is 0.308 e. The first-order chi connectivity index (χ1) is 10.5. The van der Waals surface area contributed by atoms with Gasteiger partial charge in [-0.3, -0.25) is 9.59 Å². The van der Waals surface area contributed by atoms with E-state index in [4.69, 9.17) is 5.11 Å². The number of likely N-dealkylation sites (tertiary alicyclic amines) is 1. The van der Waals surface area contributed by atoms with Crippen LogP contribution < -0.4 is 0 Å². The van der Waals surface area contributed by atoms with Gasteiger partial charge in [0.15, 0.2) is 0 Å². The Morgan fingerprint density at radius 3 is 2.64 bits per heavy atom. The van der Waals surface area contributed by atoms with Gasteiger partial charge in [-0.15, -0.1) is 0 Å². The first kappa shape index (κ1) is 14.8. The van der Waals surface area contributed by atoms with E-state index >= 15 is 0 Å². The molecule has 0 spiro atoms. The summed E-state index contributed by atoms with van der Waals surface area (Å²) in [6.07, 6.45) is 3.68. The molecular weight excluding hydrogens is 350 g/mol. The first-order valence-corrected chi connectivity index (χ1v) is 7.66. The monoisotopic (exact) mass is 363 g/mol. The van der Waals surface area contributed by atoms with Crippen molar-refractivity contribution in [3.8, 4) is 5.69 Å². The number of carboxylic acid groups (broad SMARTS) is 1. The highest BCUT2D eigenvalue weighted by atomic mass is 79.9. The number of carbonyl (C=O) groups is 2. The molecule has 0 bridgehead atoms. The maximum Gasteiger partial charge on any atom is 0.308 e. The molecule has 1 fully saturated rings. The third-order valence-corrected chi connectivity index (χ3v) is 4.27. The second kappa shape index (κ2) is 5.92. The maximum absolute atomic E-state index is 12.4. The summed E-state index contributed by atoms with van der Waals surface area (Å²) in [5.74, 6) is -1.49. The summed E-state index contributed by atoms with van der Waals surface area (Å²) in [4.78, 5) is 24.9. The topological polar surface area (TPSA) is 75.4 Å². The van der Waals surface area contributed by atoms with Crippen molar-refractivity contribution in [3.63, 3.8) is 0 Å². The van der Waals surface area contributed by atoms with Crippen molar-refractivity contribution in [1.29, 1.82) is 0 Å². The minimum atomic E-state index is -0.846. The molecule has 0 aliphatic carbocycles. The highest BCUT2D eigenvalue weighted by Gasteiger charge is 2.31. The molecule has 0 radical (unpaired) electrons. The Labute approximate surface area is 135 Å². The summed E-state index contributed by atoms with van der Waals surface area (Å²) in [7, 11) is 0. The molecule has 2 aromatic rings. The van der Waals surface area contributed by atoms with Crippen molar-refractivity contribution >= 4 is 27.8 Å². The molecule has 1 aliphatic heterocycles. The lowest BCUT2D eigenvalue weighted by Gasteiger charge is -2.14. The lowest BCUT2D eigenvalue weighted by molar-refractivity contribution is -0.141. The van der Waals surface area contributed by atoms with E-state index in [0.29, 0.717) is 18.5 Å². The Hall–Kier alpha value is -2.15. The zero-order valence-corrected chi connectivity index (χ0v) is 13.2. The van der Waals surface area contributed by atoms with Gasteiger partial charge in [0.1, 0.15) is 0 Å². The molecule has 7 heteroatoms. The molecule has 1 aromatic carbocycles. The van der Waals surface area contributed by atoms with Gasteiger partial charge < -0.3 is 10.0 Å². The first-order valence-electron chi connectivity index (χ1n) is 6.87. The Morgan fingerprint density at radius 2 is 2.00 bits per heavy atom. The number of rotatable bonds is 3. The number of hydrogen-bond donors (Lipinski definition) is 1. The third kappa shape index (κ3) is 2.89. The van der Waals surface area contributed by atoms with Crippen LogP contribution in [0.2, 0.25) is 0 Å². The standard InChI is InChI=1S/C15H14BrN3O3/c16-12-1-3-13(4-2-12)19-9-11(7-17-19)14(20)18-6-5-10(8-18)15(21)22/h1-4,7,9-10H,5-6,8H2,(H,21,22)/t10-/m1/s1. The molecule has 0 saturated carbocycles. The van der Waals surface area contributed by atoms with Crippen LogP contribution in [0.15, 0.2) is 41.1 Å². The highest BCUT2D eigenvalue weighted by molar-refractivity contribution is 9.10. The zero-order valence-electron chi connectivity index (χ0n) is 11.6. The summed E-state index contributed by atoms with van der Waals surface area (Å²) in [5, 5.41) is 13.2. The van der Waals surface area contributed by atoms with Gasteiger partial charge in [0.05, 0.1) is 23.4 Å². The lowest BCUT2D eigenvalue weighted by atomic mass is 10.1. The van der Waals surface area contributed by atoms with Crippen molar-refractivity contribution in [2.75, 3.05) is 13.1 Å². The summed E-state index contributed by atoms with van der Waals surface area (Å²) in [6.45, 7) is 0.733. The summed E-state index contributed by atoms with van der Waals surface area (Å²) >= 11 is 3.37. The molecule has 22 heavy (non-hydrogen) atoms. The second-order valence-electron chi connectivity index (χ2n) is 5.23. The van der Waals surface area contributed by atoms with Crippen LogP contribution in [0.4, 0.5) is 0 Å². The van der Waals surface area contributed by atoms with Gasteiger partial charge in [0.25, 0.3) is 5.91 Å². The molecule has 1 aromatic heterocycles. The van der Waals surface area contributed by atoms with E-state index in [2.05, 4.69) is 21.0 Å². The zero-order chi connectivity index (χ0) is 15.7. The number of benzene rings is 1. The van der Waals surface area contributed by atoms with Crippen LogP contribution >= 0.6 is 15.9 Å². The molecule has 1 N–H and O–H groups in total. The molecular formula is C15H14BrN3O3. The van der Waals surface area contributed by atoms with Gasteiger partial charge in [-0.25, -0.2) is 4.68 Å². The molecule has 1 atom stereocenters. The van der Waals surface area contributed by atoms with Gasteiger partial charge in [-0.2, -0.15) is 5.10 Å². The van der Waals surface area contributed by atoms with Gasteiger partial charge >= 0.3 is 5.97 Å². The fourth-order valence-electron chi connectivity index (χ4n) is 2.50. The van der Waals surface area contributed by atoms with Crippen molar-refractivity contribution in [3.05, 3.63) is 46.7 Å². The fraction of sp³-hybridized carbons (Fsp3) is 0.267. The molecule has 114 valence electrons. The second-order valence-corrected chi connectivity index (χ2v) is 6.14. The van der Waals surface area contributed by atoms with Crippen LogP contribution in [0.25, 0.3) is 5.69 Å². The van der Waals surface area contributed by atoms with Crippen molar-refractivity contribution in [2.24, 2.45) is 5.92 Å². The minimum Gasteiger partial charge on any atom is -0.481 e. The fourth-order valence-corrected chi connectivity index (χ4v) is 2.76. The van der Waals surface area contributed by atoms with E-state index in [-0.39, 0.29) is 12.5 Å². The largest absolute Gasteiger partial charge is 0.481 e. The minimum absolute atomic E-state index is 0.174. The number of hydrogen-bond acceptors (Lipinski definition) is 3. The summed E-state index contributed by atoms with van der Waals surface area (Å²) in [5.41, 5.74) is 1.32. The van der Waals surface area contributed by atoms with E-state index in [0.717, 1.165) is 10.2 Å². The number of aliphatic carboxylic acids is 1. The highest BCUT2D eigenvalue weighted by Crippen LogP contribution is 2.19. The van der Waals surface area contributed by atoms with Gasteiger partial charge in [-0.1, -0.05) is 15.9 Å². The lowest BCUT2D eigenvalue weighted by Crippen LogP contribution is -2.29. The van der Waals surface area contributed by atoms with E-state index in [1.807, 2.05) is 24.3 Å². The molecule has 2 heterocycles. The van der Waals surface area contributed by atoms with Crippen LogP contribution in [-0.4, -0.2) is 44.8 Å². The van der Waals surface area contributed by atoms with Crippen LogP contribution in [0.1, 0.15) is 16.8 Å². The van der Waals surface area contributed by atoms with E-state index in [1.165, 1.54) is 6.20 Å². The molecule has 6 nitrogen and oxygen atoms in total. The third-order valence-electron chi connectivity index (χ3n) is 3.75. The van der Waals surface area contributed by atoms with Crippen molar-refractivity contribution < 1.29 is 14.7 Å². The Bertz CT molecular complexity index is 711.